The molecule has 54 heavy (non-hydrogen) atoms. The van der Waals surface area contributed by atoms with Gasteiger partial charge in [0.1, 0.15) is 11.2 Å². The van der Waals surface area contributed by atoms with Crippen molar-refractivity contribution in [3.05, 3.63) is 212 Å². The van der Waals surface area contributed by atoms with Crippen molar-refractivity contribution in [2.45, 2.75) is 0 Å². The Bertz CT molecular complexity index is 2850. The lowest BCUT2D eigenvalue weighted by molar-refractivity contribution is 0.673. The van der Waals surface area contributed by atoms with E-state index in [2.05, 4.69) is 217 Å². The maximum Gasteiger partial charge on any atom is 0.143 e. The largest absolute Gasteiger partial charge is 0.455 e. The van der Waals surface area contributed by atoms with Crippen LogP contribution in [-0.2, 0) is 0 Å². The van der Waals surface area contributed by atoms with Crippen molar-refractivity contribution in [1.82, 2.24) is 0 Å². The van der Waals surface area contributed by atoms with Crippen LogP contribution in [0, 0.1) is 0 Å². The Balaban J connectivity index is 1.07. The average Bonchev–Trinajstić information content (AvgIpc) is 3.65. The molecular formula is C52H35NO. The number of anilines is 3. The summed E-state index contributed by atoms with van der Waals surface area (Å²) in [7, 11) is 0. The highest BCUT2D eigenvalue weighted by atomic mass is 16.3. The molecule has 2 heteroatoms. The Hall–Kier alpha value is -7.16. The summed E-state index contributed by atoms with van der Waals surface area (Å²) in [6, 6.07) is 75.8. The van der Waals surface area contributed by atoms with Crippen molar-refractivity contribution < 1.29 is 4.42 Å². The Morgan fingerprint density at radius 1 is 0.315 bits per heavy atom. The van der Waals surface area contributed by atoms with Crippen molar-refractivity contribution >= 4 is 49.8 Å². The lowest BCUT2D eigenvalue weighted by atomic mass is 9.93. The molecule has 0 radical (unpaired) electrons. The van der Waals surface area contributed by atoms with Gasteiger partial charge < -0.3 is 9.32 Å². The number of rotatable bonds is 7. The molecule has 9 aromatic carbocycles. The van der Waals surface area contributed by atoms with E-state index < -0.39 is 0 Å². The molecule has 0 unspecified atom stereocenters. The van der Waals surface area contributed by atoms with Crippen molar-refractivity contribution in [1.29, 1.82) is 0 Å². The molecular weight excluding hydrogens is 655 g/mol. The summed E-state index contributed by atoms with van der Waals surface area (Å²) in [5, 5.41) is 4.58. The molecule has 0 saturated carbocycles. The number of fused-ring (bicyclic) bond motifs is 5. The molecule has 0 aliphatic carbocycles. The van der Waals surface area contributed by atoms with Crippen LogP contribution in [0.4, 0.5) is 17.1 Å². The topological polar surface area (TPSA) is 16.4 Å². The van der Waals surface area contributed by atoms with Crippen LogP contribution in [0.2, 0.25) is 0 Å². The molecule has 10 aromatic rings. The second-order valence-corrected chi connectivity index (χ2v) is 13.7. The molecule has 2 nitrogen and oxygen atoms in total. The van der Waals surface area contributed by atoms with Crippen LogP contribution >= 0.6 is 0 Å². The standard InChI is InChI=1S/C52H35NO/c1-4-14-36(15-5-1)41-32-42(37-16-6-2-7-17-37)34-43(33-41)38-26-29-45(30-27-38)53(44-20-8-3-9-21-44)46-22-12-19-40(35-46)47-24-13-25-50-51(47)49-31-28-39-18-10-11-23-48(39)52(49)54-50/h1-35H. The second-order valence-electron chi connectivity index (χ2n) is 13.7. The molecule has 1 aromatic heterocycles. The van der Waals surface area contributed by atoms with Gasteiger partial charge in [-0.2, -0.15) is 0 Å². The molecule has 0 atom stereocenters. The maximum atomic E-state index is 6.55. The predicted octanol–water partition coefficient (Wildman–Crippen LogP) is 14.9. The number of hydrogen-bond donors (Lipinski definition) is 0. The lowest BCUT2D eigenvalue weighted by Crippen LogP contribution is -2.09. The van der Waals surface area contributed by atoms with E-state index in [1.807, 2.05) is 0 Å². The highest BCUT2D eigenvalue weighted by Crippen LogP contribution is 2.42. The van der Waals surface area contributed by atoms with Crippen LogP contribution in [0.1, 0.15) is 0 Å². The Labute approximate surface area is 314 Å². The van der Waals surface area contributed by atoms with E-state index in [1.54, 1.807) is 0 Å². The van der Waals surface area contributed by atoms with Gasteiger partial charge >= 0.3 is 0 Å². The van der Waals surface area contributed by atoms with Gasteiger partial charge in [-0.3, -0.25) is 0 Å². The fourth-order valence-corrected chi connectivity index (χ4v) is 7.82. The van der Waals surface area contributed by atoms with Gasteiger partial charge in [0.2, 0.25) is 0 Å². The van der Waals surface area contributed by atoms with Gasteiger partial charge in [-0.15, -0.1) is 0 Å². The first-order valence-corrected chi connectivity index (χ1v) is 18.4. The van der Waals surface area contributed by atoms with E-state index in [0.717, 1.165) is 55.5 Å². The van der Waals surface area contributed by atoms with Gasteiger partial charge in [0.05, 0.1) is 0 Å². The zero-order valence-electron chi connectivity index (χ0n) is 29.6. The first kappa shape index (κ1) is 31.6. The Morgan fingerprint density at radius 3 is 1.54 bits per heavy atom. The van der Waals surface area contributed by atoms with E-state index in [1.165, 1.54) is 38.8 Å². The van der Waals surface area contributed by atoms with Crippen molar-refractivity contribution in [2.75, 3.05) is 4.90 Å². The monoisotopic (exact) mass is 689 g/mol. The molecule has 0 aliphatic rings. The molecule has 0 spiro atoms. The van der Waals surface area contributed by atoms with Gasteiger partial charge in [0.25, 0.3) is 0 Å². The molecule has 0 bridgehead atoms. The summed E-state index contributed by atoms with van der Waals surface area (Å²) in [6.07, 6.45) is 0. The van der Waals surface area contributed by atoms with Gasteiger partial charge in [0, 0.05) is 33.2 Å². The predicted molar refractivity (Wildman–Crippen MR) is 228 cm³/mol. The highest BCUT2D eigenvalue weighted by Gasteiger charge is 2.18. The molecule has 0 saturated heterocycles. The number of furan rings is 1. The quantitative estimate of drug-likeness (QED) is 0.166. The summed E-state index contributed by atoms with van der Waals surface area (Å²) < 4.78 is 6.55. The highest BCUT2D eigenvalue weighted by molar-refractivity contribution is 6.19. The first-order chi connectivity index (χ1) is 26.8. The SMILES string of the molecule is c1ccc(-c2cc(-c3ccccc3)cc(-c3ccc(N(c4ccccc4)c4cccc(-c5cccc6oc7c8ccccc8ccc7c56)c4)cc3)c2)cc1. The minimum Gasteiger partial charge on any atom is -0.455 e. The fourth-order valence-electron chi connectivity index (χ4n) is 7.82. The summed E-state index contributed by atoms with van der Waals surface area (Å²) in [5.74, 6) is 0. The van der Waals surface area contributed by atoms with Gasteiger partial charge in [-0.1, -0.05) is 146 Å². The van der Waals surface area contributed by atoms with Gasteiger partial charge in [0.15, 0.2) is 0 Å². The minimum absolute atomic E-state index is 0.895. The summed E-state index contributed by atoms with van der Waals surface area (Å²) >= 11 is 0. The fraction of sp³-hybridized carbons (Fsp3) is 0. The van der Waals surface area contributed by atoms with Crippen LogP contribution in [0.25, 0.3) is 77.2 Å². The summed E-state index contributed by atoms with van der Waals surface area (Å²) in [5.41, 5.74) is 14.5. The summed E-state index contributed by atoms with van der Waals surface area (Å²) in [6.45, 7) is 0. The molecule has 0 aliphatic heterocycles. The van der Waals surface area contributed by atoms with Crippen molar-refractivity contribution in [2.24, 2.45) is 0 Å². The third-order valence-electron chi connectivity index (χ3n) is 10.4. The molecule has 0 N–H and O–H groups in total. The number of para-hydroxylation sites is 1. The van der Waals surface area contributed by atoms with Gasteiger partial charge in [-0.05, 0) is 117 Å². The lowest BCUT2D eigenvalue weighted by Gasteiger charge is -2.26. The average molecular weight is 690 g/mol. The molecule has 0 amide bonds. The zero-order valence-corrected chi connectivity index (χ0v) is 29.6. The van der Waals surface area contributed by atoms with Crippen molar-refractivity contribution in [3.8, 4) is 44.5 Å². The van der Waals surface area contributed by atoms with E-state index in [9.17, 15) is 0 Å². The molecule has 0 fully saturated rings. The third kappa shape index (κ3) is 5.71. The number of nitrogens with zero attached hydrogens (tertiary/aromatic N) is 1. The van der Waals surface area contributed by atoms with Crippen LogP contribution in [-0.4, -0.2) is 0 Å². The van der Waals surface area contributed by atoms with Crippen molar-refractivity contribution in [3.63, 3.8) is 0 Å². The maximum absolute atomic E-state index is 6.55. The number of benzene rings is 9. The van der Waals surface area contributed by atoms with Crippen LogP contribution in [0.15, 0.2) is 217 Å². The van der Waals surface area contributed by atoms with Crippen LogP contribution < -0.4 is 4.90 Å². The van der Waals surface area contributed by atoms with Gasteiger partial charge in [-0.25, -0.2) is 0 Å². The molecule has 1 heterocycles. The minimum atomic E-state index is 0.895. The zero-order chi connectivity index (χ0) is 35.8. The van der Waals surface area contributed by atoms with E-state index >= 15 is 0 Å². The van der Waals surface area contributed by atoms with E-state index in [0.29, 0.717) is 0 Å². The third-order valence-corrected chi connectivity index (χ3v) is 10.4. The second kappa shape index (κ2) is 13.4. The Kier molecular flexibility index (Phi) is 7.85. The first-order valence-electron chi connectivity index (χ1n) is 18.4. The number of hydrogen-bond acceptors (Lipinski definition) is 2. The van der Waals surface area contributed by atoms with E-state index in [4.69, 9.17) is 4.42 Å². The van der Waals surface area contributed by atoms with Crippen LogP contribution in [0.3, 0.4) is 0 Å². The summed E-state index contributed by atoms with van der Waals surface area (Å²) in [4.78, 5) is 2.34. The molecule has 254 valence electrons. The Morgan fingerprint density at radius 2 is 0.852 bits per heavy atom. The smallest absolute Gasteiger partial charge is 0.143 e. The molecule has 10 rings (SSSR count). The van der Waals surface area contributed by atoms with E-state index in [-0.39, 0.29) is 0 Å². The van der Waals surface area contributed by atoms with Crippen LogP contribution in [0.5, 0.6) is 0 Å². The normalized spacial score (nSPS) is 11.3.